The van der Waals surface area contributed by atoms with Crippen molar-refractivity contribution in [2.75, 3.05) is 26.2 Å². The highest BCUT2D eigenvalue weighted by molar-refractivity contribution is 4.72. The molecular weight excluding hydrogens is 128 g/mol. The molecular formula is C7H15N2O. The van der Waals surface area contributed by atoms with Gasteiger partial charge in [-0.05, 0) is 19.4 Å². The van der Waals surface area contributed by atoms with Crippen molar-refractivity contribution < 1.29 is 5.11 Å². The molecule has 0 saturated carbocycles. The van der Waals surface area contributed by atoms with Gasteiger partial charge in [0.2, 0.25) is 0 Å². The Hall–Kier alpha value is -0.120. The van der Waals surface area contributed by atoms with E-state index in [0.717, 1.165) is 32.5 Å². The van der Waals surface area contributed by atoms with E-state index in [1.54, 1.807) is 0 Å². The number of rotatable bonds is 2. The Kier molecular flexibility index (Phi) is 3.72. The number of nitrogens with zero attached hydrogens (tertiary/aromatic N) is 1. The van der Waals surface area contributed by atoms with E-state index in [0.29, 0.717) is 6.04 Å². The Labute approximate surface area is 61.8 Å². The SMILES string of the molecule is OCCC1C[N]CCCN1. The molecule has 0 aromatic rings. The lowest BCUT2D eigenvalue weighted by atomic mass is 10.2. The summed E-state index contributed by atoms with van der Waals surface area (Å²) in [7, 11) is 0. The Morgan fingerprint density at radius 1 is 1.60 bits per heavy atom. The van der Waals surface area contributed by atoms with E-state index in [-0.39, 0.29) is 6.61 Å². The third kappa shape index (κ3) is 2.64. The molecule has 59 valence electrons. The maximum Gasteiger partial charge on any atom is 0.0446 e. The standard InChI is InChI=1S/C7H15N2O/c10-5-2-7-6-8-3-1-4-9-7/h7,9-10H,1-6H2. The summed E-state index contributed by atoms with van der Waals surface area (Å²) < 4.78 is 0. The largest absolute Gasteiger partial charge is 0.396 e. The van der Waals surface area contributed by atoms with Crippen molar-refractivity contribution in [3.05, 3.63) is 0 Å². The molecule has 1 heterocycles. The van der Waals surface area contributed by atoms with E-state index < -0.39 is 0 Å². The molecule has 2 N–H and O–H groups in total. The molecule has 10 heavy (non-hydrogen) atoms. The summed E-state index contributed by atoms with van der Waals surface area (Å²) in [5.74, 6) is 0. The average Bonchev–Trinajstić information content (AvgIpc) is 2.17. The van der Waals surface area contributed by atoms with E-state index >= 15 is 0 Å². The fourth-order valence-electron chi connectivity index (χ4n) is 1.16. The maximum atomic E-state index is 8.63. The van der Waals surface area contributed by atoms with Crippen LogP contribution < -0.4 is 10.6 Å². The first-order chi connectivity index (χ1) is 4.93. The van der Waals surface area contributed by atoms with Gasteiger partial charge in [0.1, 0.15) is 0 Å². The second kappa shape index (κ2) is 4.66. The lowest BCUT2D eigenvalue weighted by molar-refractivity contribution is 0.265. The van der Waals surface area contributed by atoms with Crippen LogP contribution in [-0.2, 0) is 0 Å². The van der Waals surface area contributed by atoms with Crippen LogP contribution in [0.3, 0.4) is 0 Å². The molecule has 0 aromatic heterocycles. The molecule has 0 aliphatic carbocycles. The van der Waals surface area contributed by atoms with Gasteiger partial charge in [-0.2, -0.15) is 0 Å². The number of hydrogen-bond donors (Lipinski definition) is 2. The third-order valence-corrected chi connectivity index (χ3v) is 1.75. The van der Waals surface area contributed by atoms with Gasteiger partial charge in [0.25, 0.3) is 0 Å². The van der Waals surface area contributed by atoms with Crippen LogP contribution in [0.2, 0.25) is 0 Å². The van der Waals surface area contributed by atoms with Gasteiger partial charge in [0.05, 0.1) is 0 Å². The van der Waals surface area contributed by atoms with Crippen molar-refractivity contribution in [1.29, 1.82) is 0 Å². The second-order valence-corrected chi connectivity index (χ2v) is 2.65. The summed E-state index contributed by atoms with van der Waals surface area (Å²) in [4.78, 5) is 0. The predicted molar refractivity (Wildman–Crippen MR) is 40.0 cm³/mol. The first-order valence-electron chi connectivity index (χ1n) is 3.91. The number of aliphatic hydroxyl groups excluding tert-OH is 1. The molecule has 1 aliphatic rings. The monoisotopic (exact) mass is 143 g/mol. The van der Waals surface area contributed by atoms with Crippen LogP contribution in [0.5, 0.6) is 0 Å². The minimum absolute atomic E-state index is 0.271. The zero-order chi connectivity index (χ0) is 7.23. The molecule has 0 aromatic carbocycles. The van der Waals surface area contributed by atoms with Crippen LogP contribution in [0.15, 0.2) is 0 Å². The van der Waals surface area contributed by atoms with E-state index in [9.17, 15) is 0 Å². The van der Waals surface area contributed by atoms with Gasteiger partial charge in [-0.15, -0.1) is 0 Å². The van der Waals surface area contributed by atoms with Crippen molar-refractivity contribution in [1.82, 2.24) is 10.6 Å². The number of aliphatic hydroxyl groups is 1. The summed E-state index contributed by atoms with van der Waals surface area (Å²) >= 11 is 0. The normalized spacial score (nSPS) is 27.9. The molecule has 3 heteroatoms. The van der Waals surface area contributed by atoms with Crippen LogP contribution in [-0.4, -0.2) is 37.4 Å². The van der Waals surface area contributed by atoms with Crippen molar-refractivity contribution in [2.24, 2.45) is 0 Å². The Bertz CT molecular complexity index is 79.7. The van der Waals surface area contributed by atoms with Gasteiger partial charge in [-0.1, -0.05) is 0 Å². The van der Waals surface area contributed by atoms with Gasteiger partial charge in [-0.3, -0.25) is 0 Å². The van der Waals surface area contributed by atoms with E-state index in [2.05, 4.69) is 10.6 Å². The lowest BCUT2D eigenvalue weighted by Gasteiger charge is -2.12. The quantitative estimate of drug-likeness (QED) is 0.539. The smallest absolute Gasteiger partial charge is 0.0446 e. The van der Waals surface area contributed by atoms with Crippen LogP contribution in [0.4, 0.5) is 0 Å². The van der Waals surface area contributed by atoms with Crippen LogP contribution in [0.25, 0.3) is 0 Å². The highest BCUT2D eigenvalue weighted by atomic mass is 16.3. The highest BCUT2D eigenvalue weighted by Gasteiger charge is 2.09. The van der Waals surface area contributed by atoms with Gasteiger partial charge < -0.3 is 10.4 Å². The molecule has 1 radical (unpaired) electrons. The van der Waals surface area contributed by atoms with Crippen molar-refractivity contribution >= 4 is 0 Å². The zero-order valence-electron chi connectivity index (χ0n) is 6.21. The summed E-state index contributed by atoms with van der Waals surface area (Å²) in [6.45, 7) is 3.18. The number of nitrogens with one attached hydrogen (secondary N) is 1. The summed E-state index contributed by atoms with van der Waals surface area (Å²) in [6.07, 6.45) is 1.98. The summed E-state index contributed by atoms with van der Waals surface area (Å²) in [5.41, 5.74) is 0. The molecule has 1 atom stereocenters. The van der Waals surface area contributed by atoms with Gasteiger partial charge in [0.15, 0.2) is 0 Å². The van der Waals surface area contributed by atoms with Crippen LogP contribution in [0.1, 0.15) is 12.8 Å². The van der Waals surface area contributed by atoms with E-state index in [1.165, 1.54) is 0 Å². The fraction of sp³-hybridized carbons (Fsp3) is 1.00. The average molecular weight is 143 g/mol. The minimum atomic E-state index is 0.271. The third-order valence-electron chi connectivity index (χ3n) is 1.75. The van der Waals surface area contributed by atoms with Gasteiger partial charge in [-0.25, -0.2) is 5.32 Å². The lowest BCUT2D eigenvalue weighted by Crippen LogP contribution is -2.34. The molecule has 0 bridgehead atoms. The first kappa shape index (κ1) is 7.98. The Morgan fingerprint density at radius 3 is 3.30 bits per heavy atom. The second-order valence-electron chi connectivity index (χ2n) is 2.65. The molecule has 3 nitrogen and oxygen atoms in total. The topological polar surface area (TPSA) is 46.4 Å². The van der Waals surface area contributed by atoms with Gasteiger partial charge >= 0.3 is 0 Å². The van der Waals surface area contributed by atoms with E-state index in [4.69, 9.17) is 5.11 Å². The number of hydrogen-bond acceptors (Lipinski definition) is 2. The molecule has 1 unspecified atom stereocenters. The maximum absolute atomic E-state index is 8.63. The Morgan fingerprint density at radius 2 is 2.50 bits per heavy atom. The van der Waals surface area contributed by atoms with Gasteiger partial charge in [0, 0.05) is 25.7 Å². The molecule has 1 rings (SSSR count). The molecule has 1 aliphatic heterocycles. The van der Waals surface area contributed by atoms with Crippen molar-refractivity contribution in [2.45, 2.75) is 18.9 Å². The molecule has 0 amide bonds. The molecule has 1 fully saturated rings. The molecule has 1 saturated heterocycles. The van der Waals surface area contributed by atoms with Crippen LogP contribution in [0, 0.1) is 0 Å². The molecule has 0 spiro atoms. The van der Waals surface area contributed by atoms with Crippen LogP contribution >= 0.6 is 0 Å². The minimum Gasteiger partial charge on any atom is -0.396 e. The van der Waals surface area contributed by atoms with Crippen molar-refractivity contribution in [3.8, 4) is 0 Å². The van der Waals surface area contributed by atoms with Crippen molar-refractivity contribution in [3.63, 3.8) is 0 Å². The highest BCUT2D eigenvalue weighted by Crippen LogP contribution is 1.94. The zero-order valence-corrected chi connectivity index (χ0v) is 6.21. The van der Waals surface area contributed by atoms with E-state index in [1.807, 2.05) is 0 Å². The summed E-state index contributed by atoms with van der Waals surface area (Å²) in [6, 6.07) is 0.424. The predicted octanol–water partition coefficient (Wildman–Crippen LogP) is -0.665. The Balaban J connectivity index is 2.15. The summed E-state index contributed by atoms with van der Waals surface area (Å²) in [5, 5.41) is 16.3. The fourth-order valence-corrected chi connectivity index (χ4v) is 1.16. The first-order valence-corrected chi connectivity index (χ1v) is 3.91.